The van der Waals surface area contributed by atoms with Crippen molar-refractivity contribution in [2.75, 3.05) is 0 Å². The van der Waals surface area contributed by atoms with E-state index in [1.54, 1.807) is 0 Å². The number of benzene rings is 1. The third kappa shape index (κ3) is 3.59. The van der Waals surface area contributed by atoms with E-state index in [9.17, 15) is 0 Å². The van der Waals surface area contributed by atoms with E-state index in [1.807, 2.05) is 12.1 Å². The monoisotopic (exact) mass is 324 g/mol. The van der Waals surface area contributed by atoms with Crippen LogP contribution in [0.15, 0.2) is 33.2 Å². The number of furan rings is 1. The number of hydrazine groups is 1. The number of nitrogens with one attached hydrogen (secondary N) is 1. The lowest BCUT2D eigenvalue weighted by Gasteiger charge is -2.12. The molecule has 1 aromatic carbocycles. The summed E-state index contributed by atoms with van der Waals surface area (Å²) in [6.07, 6.45) is 5.95. The summed E-state index contributed by atoms with van der Waals surface area (Å²) in [6.45, 7) is 2.22. The highest BCUT2D eigenvalue weighted by Crippen LogP contribution is 2.31. The van der Waals surface area contributed by atoms with Gasteiger partial charge >= 0.3 is 0 Å². The van der Waals surface area contributed by atoms with Gasteiger partial charge in [-0.3, -0.25) is 5.84 Å². The minimum atomic E-state index is 0.0937. The highest BCUT2D eigenvalue weighted by atomic mass is 79.9. The van der Waals surface area contributed by atoms with Gasteiger partial charge < -0.3 is 4.42 Å². The molecule has 0 aliphatic carbocycles. The summed E-state index contributed by atoms with van der Waals surface area (Å²) in [4.78, 5) is 0. The first kappa shape index (κ1) is 14.6. The van der Waals surface area contributed by atoms with Gasteiger partial charge in [-0.25, -0.2) is 5.43 Å². The average Bonchev–Trinajstić information content (AvgIpc) is 2.84. The van der Waals surface area contributed by atoms with Gasteiger partial charge in [0.25, 0.3) is 0 Å². The van der Waals surface area contributed by atoms with Crippen molar-refractivity contribution in [1.29, 1.82) is 0 Å². The highest BCUT2D eigenvalue weighted by Gasteiger charge is 2.15. The summed E-state index contributed by atoms with van der Waals surface area (Å²) in [5.74, 6) is 6.58. The minimum absolute atomic E-state index is 0.0937. The summed E-state index contributed by atoms with van der Waals surface area (Å²) in [5, 5.41) is 1.11. The van der Waals surface area contributed by atoms with Gasteiger partial charge in [-0.1, -0.05) is 44.7 Å². The maximum Gasteiger partial charge on any atom is 0.148 e. The second kappa shape index (κ2) is 7.08. The number of fused-ring (bicyclic) bond motifs is 1. The molecule has 0 spiro atoms. The van der Waals surface area contributed by atoms with Crippen LogP contribution in [0.3, 0.4) is 0 Å². The molecule has 1 unspecified atom stereocenters. The number of nitrogens with two attached hydrogens (primary N) is 1. The first-order chi connectivity index (χ1) is 9.26. The van der Waals surface area contributed by atoms with Crippen LogP contribution in [0.2, 0.25) is 0 Å². The Labute approximate surface area is 122 Å². The van der Waals surface area contributed by atoms with E-state index in [-0.39, 0.29) is 6.04 Å². The standard InChI is InChI=1S/C15H21BrN2O/c1-2-3-4-5-9-13(18-17)14-10-11-7-6-8-12(16)15(11)19-14/h6-8,10,13,18H,2-5,9,17H2,1H3. The topological polar surface area (TPSA) is 51.2 Å². The zero-order valence-corrected chi connectivity index (χ0v) is 12.9. The molecule has 0 radical (unpaired) electrons. The maximum atomic E-state index is 5.92. The molecular formula is C15H21BrN2O. The second-order valence-corrected chi connectivity index (χ2v) is 5.73. The fourth-order valence-electron chi connectivity index (χ4n) is 2.30. The molecule has 0 aliphatic rings. The molecule has 1 aromatic heterocycles. The molecule has 104 valence electrons. The Balaban J connectivity index is 2.10. The lowest BCUT2D eigenvalue weighted by atomic mass is 10.1. The fraction of sp³-hybridized carbons (Fsp3) is 0.467. The number of halogens is 1. The van der Waals surface area contributed by atoms with Crippen molar-refractivity contribution in [2.24, 2.45) is 5.84 Å². The van der Waals surface area contributed by atoms with Crippen LogP contribution in [-0.4, -0.2) is 0 Å². The molecule has 0 amide bonds. The molecule has 0 saturated carbocycles. The SMILES string of the molecule is CCCCCCC(NN)c1cc2cccc(Br)c2o1. The molecule has 0 fully saturated rings. The molecule has 3 nitrogen and oxygen atoms in total. The van der Waals surface area contributed by atoms with E-state index in [2.05, 4.69) is 40.4 Å². The molecule has 1 heterocycles. The van der Waals surface area contributed by atoms with Crippen LogP contribution in [0, 0.1) is 0 Å². The Bertz CT molecular complexity index is 524. The fourth-order valence-corrected chi connectivity index (χ4v) is 2.76. The zero-order valence-electron chi connectivity index (χ0n) is 11.3. The van der Waals surface area contributed by atoms with Crippen molar-refractivity contribution >= 4 is 26.9 Å². The van der Waals surface area contributed by atoms with Gasteiger partial charge in [0.05, 0.1) is 10.5 Å². The van der Waals surface area contributed by atoms with Crippen molar-refractivity contribution in [1.82, 2.24) is 5.43 Å². The van der Waals surface area contributed by atoms with Gasteiger partial charge in [0, 0.05) is 5.39 Å². The predicted molar refractivity (Wildman–Crippen MR) is 82.7 cm³/mol. The zero-order chi connectivity index (χ0) is 13.7. The Morgan fingerprint density at radius 3 is 2.84 bits per heavy atom. The second-order valence-electron chi connectivity index (χ2n) is 4.88. The predicted octanol–water partition coefficient (Wildman–Crippen LogP) is 4.67. The molecule has 2 rings (SSSR count). The first-order valence-corrected chi connectivity index (χ1v) is 7.69. The van der Waals surface area contributed by atoms with Crippen LogP contribution in [0.25, 0.3) is 11.0 Å². The summed E-state index contributed by atoms with van der Waals surface area (Å²) in [6, 6.07) is 8.22. The molecule has 4 heteroatoms. The van der Waals surface area contributed by atoms with Crippen molar-refractivity contribution in [3.8, 4) is 0 Å². The number of hydrogen-bond acceptors (Lipinski definition) is 3. The van der Waals surface area contributed by atoms with Gasteiger partial charge in [0.2, 0.25) is 0 Å². The number of para-hydroxylation sites is 1. The van der Waals surface area contributed by atoms with Gasteiger partial charge in [0.15, 0.2) is 0 Å². The van der Waals surface area contributed by atoms with Crippen molar-refractivity contribution in [2.45, 2.75) is 45.1 Å². The van der Waals surface area contributed by atoms with E-state index in [0.29, 0.717) is 0 Å². The van der Waals surface area contributed by atoms with E-state index in [0.717, 1.165) is 27.6 Å². The van der Waals surface area contributed by atoms with Gasteiger partial charge in [0.1, 0.15) is 11.3 Å². The van der Waals surface area contributed by atoms with E-state index < -0.39 is 0 Å². The Morgan fingerprint density at radius 1 is 1.32 bits per heavy atom. The molecule has 0 bridgehead atoms. The summed E-state index contributed by atoms with van der Waals surface area (Å²) in [7, 11) is 0. The summed E-state index contributed by atoms with van der Waals surface area (Å²) < 4.78 is 6.90. The number of rotatable bonds is 7. The van der Waals surface area contributed by atoms with E-state index in [4.69, 9.17) is 10.3 Å². The van der Waals surface area contributed by atoms with Crippen molar-refractivity contribution < 1.29 is 4.42 Å². The molecule has 0 saturated heterocycles. The lowest BCUT2D eigenvalue weighted by Crippen LogP contribution is -2.27. The summed E-state index contributed by atoms with van der Waals surface area (Å²) in [5.41, 5.74) is 3.76. The Kier molecular flexibility index (Phi) is 5.43. The van der Waals surface area contributed by atoms with Crippen molar-refractivity contribution in [3.63, 3.8) is 0 Å². The third-order valence-corrected chi connectivity index (χ3v) is 4.03. The smallest absolute Gasteiger partial charge is 0.148 e. The quantitative estimate of drug-likeness (QED) is 0.442. The van der Waals surface area contributed by atoms with Gasteiger partial charge in [-0.15, -0.1) is 0 Å². The summed E-state index contributed by atoms with van der Waals surface area (Å²) >= 11 is 3.51. The van der Waals surface area contributed by atoms with Crippen LogP contribution in [0.5, 0.6) is 0 Å². The van der Waals surface area contributed by atoms with Crippen LogP contribution < -0.4 is 11.3 Å². The lowest BCUT2D eigenvalue weighted by molar-refractivity contribution is 0.402. The minimum Gasteiger partial charge on any atom is -0.458 e. The van der Waals surface area contributed by atoms with Crippen LogP contribution >= 0.6 is 15.9 Å². The molecule has 3 N–H and O–H groups in total. The van der Waals surface area contributed by atoms with Crippen LogP contribution in [0.1, 0.15) is 50.8 Å². The molecule has 0 aliphatic heterocycles. The number of hydrogen-bond donors (Lipinski definition) is 2. The Morgan fingerprint density at radius 2 is 2.16 bits per heavy atom. The van der Waals surface area contributed by atoms with E-state index in [1.165, 1.54) is 25.7 Å². The van der Waals surface area contributed by atoms with E-state index >= 15 is 0 Å². The maximum absolute atomic E-state index is 5.92. The van der Waals surface area contributed by atoms with Crippen molar-refractivity contribution in [3.05, 3.63) is 34.5 Å². The van der Waals surface area contributed by atoms with Gasteiger partial charge in [-0.2, -0.15) is 0 Å². The highest BCUT2D eigenvalue weighted by molar-refractivity contribution is 9.10. The average molecular weight is 325 g/mol. The molecular weight excluding hydrogens is 304 g/mol. The molecule has 1 atom stereocenters. The molecule has 19 heavy (non-hydrogen) atoms. The van der Waals surface area contributed by atoms with Crippen LogP contribution in [0.4, 0.5) is 0 Å². The van der Waals surface area contributed by atoms with Gasteiger partial charge in [-0.05, 0) is 34.5 Å². The first-order valence-electron chi connectivity index (χ1n) is 6.90. The third-order valence-electron chi connectivity index (χ3n) is 3.41. The molecule has 2 aromatic rings. The largest absolute Gasteiger partial charge is 0.458 e. The normalized spacial score (nSPS) is 13.0. The number of unbranched alkanes of at least 4 members (excludes halogenated alkanes) is 3. The Hall–Kier alpha value is -0.840. The van der Waals surface area contributed by atoms with Crippen LogP contribution in [-0.2, 0) is 0 Å².